The van der Waals surface area contributed by atoms with Crippen LogP contribution in [0.1, 0.15) is 5.56 Å². The molecule has 0 aliphatic heterocycles. The van der Waals surface area contributed by atoms with Crippen LogP contribution in [0.5, 0.6) is 0 Å². The fraction of sp³-hybridized carbons (Fsp3) is 0.105. The smallest absolute Gasteiger partial charge is 0.411 e. The molecule has 5 N–H and O–H groups in total. The highest BCUT2D eigenvalue weighted by atomic mass is 19.1. The zero-order chi connectivity index (χ0) is 21.4. The fourth-order valence-corrected chi connectivity index (χ4v) is 3.11. The molecule has 0 spiro atoms. The zero-order valence-corrected chi connectivity index (χ0v) is 15.8. The van der Waals surface area contributed by atoms with Gasteiger partial charge in [-0.05, 0) is 18.2 Å². The number of hydrogen-bond acceptors (Lipinski definition) is 7. The number of carbonyl (C=O) groups is 1. The number of pyridine rings is 1. The fourth-order valence-electron chi connectivity index (χ4n) is 3.11. The molecule has 1 aromatic carbocycles. The maximum atomic E-state index is 14.1. The molecule has 4 aromatic rings. The molecule has 0 radical (unpaired) electrons. The Hall–Kier alpha value is -4.28. The summed E-state index contributed by atoms with van der Waals surface area (Å²) >= 11 is 0. The number of amides is 1. The lowest BCUT2D eigenvalue weighted by Gasteiger charge is -2.16. The molecule has 11 heteroatoms. The van der Waals surface area contributed by atoms with Crippen molar-refractivity contribution < 1.29 is 14.3 Å². The molecule has 0 bridgehead atoms. The summed E-state index contributed by atoms with van der Waals surface area (Å²) in [5, 5.41) is 14.3. The van der Waals surface area contributed by atoms with E-state index in [1.54, 1.807) is 36.5 Å². The molecule has 30 heavy (non-hydrogen) atoms. The van der Waals surface area contributed by atoms with Crippen molar-refractivity contribution in [3.63, 3.8) is 0 Å². The highest BCUT2D eigenvalue weighted by Gasteiger charge is 2.22. The lowest BCUT2D eigenvalue weighted by molar-refractivity contribution is 0.203. The third-order valence-corrected chi connectivity index (χ3v) is 4.56. The van der Waals surface area contributed by atoms with Crippen LogP contribution in [0.4, 0.5) is 26.5 Å². The molecule has 3 heterocycles. The summed E-state index contributed by atoms with van der Waals surface area (Å²) in [6.45, 7) is 0.144. The first-order valence-electron chi connectivity index (χ1n) is 8.81. The van der Waals surface area contributed by atoms with Crippen LogP contribution in [0.15, 0.2) is 42.6 Å². The predicted molar refractivity (Wildman–Crippen MR) is 109 cm³/mol. The standard InChI is InChI=1S/C19H17FN8O2/c1-27(19(29)30)14-15(21)24-17(25-16(14)22)13-11-6-4-8-23-18(11)28(26-13)9-10-5-2-3-7-12(10)20/h2-8H,9H2,1H3,(H,29,30)(H4,21,22,24,25). The van der Waals surface area contributed by atoms with Gasteiger partial charge in [0.1, 0.15) is 17.2 Å². The van der Waals surface area contributed by atoms with Gasteiger partial charge in [-0.25, -0.2) is 28.8 Å². The molecule has 0 fully saturated rings. The molecular formula is C19H17FN8O2. The summed E-state index contributed by atoms with van der Waals surface area (Å²) in [6, 6.07) is 9.88. The number of fused-ring (bicyclic) bond motifs is 1. The van der Waals surface area contributed by atoms with Gasteiger partial charge in [0.15, 0.2) is 23.1 Å². The van der Waals surface area contributed by atoms with Crippen LogP contribution < -0.4 is 16.4 Å². The van der Waals surface area contributed by atoms with E-state index in [2.05, 4.69) is 20.1 Å². The molecule has 1 amide bonds. The number of halogens is 1. The average molecular weight is 408 g/mol. The molecule has 0 saturated heterocycles. The molecule has 0 unspecified atom stereocenters. The van der Waals surface area contributed by atoms with E-state index < -0.39 is 6.09 Å². The van der Waals surface area contributed by atoms with Crippen LogP contribution in [0, 0.1) is 5.82 Å². The maximum absolute atomic E-state index is 14.1. The van der Waals surface area contributed by atoms with Gasteiger partial charge in [-0.15, -0.1) is 0 Å². The van der Waals surface area contributed by atoms with Crippen molar-refractivity contribution in [2.45, 2.75) is 6.54 Å². The van der Waals surface area contributed by atoms with E-state index in [0.717, 1.165) is 4.90 Å². The van der Waals surface area contributed by atoms with Crippen molar-refractivity contribution in [1.82, 2.24) is 24.7 Å². The summed E-state index contributed by atoms with van der Waals surface area (Å²) < 4.78 is 15.7. The minimum Gasteiger partial charge on any atom is -0.465 e. The summed E-state index contributed by atoms with van der Waals surface area (Å²) in [5.74, 6) is -0.464. The van der Waals surface area contributed by atoms with Gasteiger partial charge in [0.05, 0.1) is 11.9 Å². The molecular weight excluding hydrogens is 391 g/mol. The van der Waals surface area contributed by atoms with Gasteiger partial charge in [-0.2, -0.15) is 5.10 Å². The molecule has 0 aliphatic rings. The van der Waals surface area contributed by atoms with Crippen molar-refractivity contribution in [2.24, 2.45) is 0 Å². The van der Waals surface area contributed by atoms with E-state index in [4.69, 9.17) is 11.5 Å². The molecule has 152 valence electrons. The number of carboxylic acid groups (broad SMARTS) is 1. The van der Waals surface area contributed by atoms with E-state index in [1.165, 1.54) is 17.8 Å². The Bertz CT molecular complexity index is 1250. The van der Waals surface area contributed by atoms with Gasteiger partial charge in [0.25, 0.3) is 0 Å². The van der Waals surface area contributed by atoms with Crippen LogP contribution >= 0.6 is 0 Å². The molecule has 0 atom stereocenters. The summed E-state index contributed by atoms with van der Waals surface area (Å²) in [7, 11) is 1.29. The molecule has 0 saturated carbocycles. The number of rotatable bonds is 4. The highest BCUT2D eigenvalue weighted by molar-refractivity contribution is 5.95. The van der Waals surface area contributed by atoms with E-state index in [-0.39, 0.29) is 35.5 Å². The third-order valence-electron chi connectivity index (χ3n) is 4.56. The van der Waals surface area contributed by atoms with Crippen LogP contribution in [0.3, 0.4) is 0 Å². The van der Waals surface area contributed by atoms with Gasteiger partial charge >= 0.3 is 6.09 Å². The minimum absolute atomic E-state index is 0.0144. The summed E-state index contributed by atoms with van der Waals surface area (Å²) in [5.41, 5.74) is 13.2. The van der Waals surface area contributed by atoms with Crippen molar-refractivity contribution >= 4 is 34.4 Å². The number of nitrogens with zero attached hydrogens (tertiary/aromatic N) is 6. The Morgan fingerprint density at radius 2 is 1.87 bits per heavy atom. The lowest BCUT2D eigenvalue weighted by atomic mass is 10.2. The third kappa shape index (κ3) is 3.21. The highest BCUT2D eigenvalue weighted by Crippen LogP contribution is 2.32. The number of aromatic nitrogens is 5. The van der Waals surface area contributed by atoms with Crippen molar-refractivity contribution in [1.29, 1.82) is 0 Å². The number of nitrogen functional groups attached to an aromatic ring is 2. The van der Waals surface area contributed by atoms with Gasteiger partial charge in [-0.3, -0.25) is 4.90 Å². The van der Waals surface area contributed by atoms with E-state index in [9.17, 15) is 14.3 Å². The summed E-state index contributed by atoms with van der Waals surface area (Å²) in [6.07, 6.45) is 0.341. The van der Waals surface area contributed by atoms with Crippen molar-refractivity contribution in [3.05, 3.63) is 54.0 Å². The number of anilines is 3. The second kappa shape index (κ2) is 7.28. The van der Waals surface area contributed by atoms with Crippen molar-refractivity contribution in [2.75, 3.05) is 23.4 Å². The van der Waals surface area contributed by atoms with Crippen LogP contribution in [0.25, 0.3) is 22.6 Å². The van der Waals surface area contributed by atoms with Crippen LogP contribution in [-0.4, -0.2) is 43.0 Å². The first kappa shape index (κ1) is 19.1. The van der Waals surface area contributed by atoms with Gasteiger partial charge in [-0.1, -0.05) is 18.2 Å². The Labute approximate surface area is 169 Å². The largest absolute Gasteiger partial charge is 0.465 e. The zero-order valence-electron chi connectivity index (χ0n) is 15.8. The Balaban J connectivity index is 1.84. The normalized spacial score (nSPS) is 11.0. The lowest BCUT2D eigenvalue weighted by Crippen LogP contribution is -2.26. The average Bonchev–Trinajstić information content (AvgIpc) is 3.07. The topological polar surface area (TPSA) is 149 Å². The molecule has 10 nitrogen and oxygen atoms in total. The predicted octanol–water partition coefficient (Wildman–Crippen LogP) is 2.35. The van der Waals surface area contributed by atoms with Gasteiger partial charge in [0.2, 0.25) is 0 Å². The Morgan fingerprint density at radius 3 is 2.53 bits per heavy atom. The quantitative estimate of drug-likeness (QED) is 0.466. The summed E-state index contributed by atoms with van der Waals surface area (Å²) in [4.78, 5) is 24.8. The first-order chi connectivity index (χ1) is 14.4. The molecule has 3 aromatic heterocycles. The van der Waals surface area contributed by atoms with Crippen LogP contribution in [0.2, 0.25) is 0 Å². The Kier molecular flexibility index (Phi) is 4.62. The van der Waals surface area contributed by atoms with E-state index in [0.29, 0.717) is 22.3 Å². The van der Waals surface area contributed by atoms with Crippen LogP contribution in [-0.2, 0) is 6.54 Å². The molecule has 4 rings (SSSR count). The first-order valence-corrected chi connectivity index (χ1v) is 8.81. The maximum Gasteiger partial charge on any atom is 0.411 e. The monoisotopic (exact) mass is 408 g/mol. The van der Waals surface area contributed by atoms with Gasteiger partial charge in [0, 0.05) is 18.8 Å². The van der Waals surface area contributed by atoms with Gasteiger partial charge < -0.3 is 16.6 Å². The second-order valence-corrected chi connectivity index (χ2v) is 6.48. The second-order valence-electron chi connectivity index (χ2n) is 6.48. The minimum atomic E-state index is -1.26. The Morgan fingerprint density at radius 1 is 1.17 bits per heavy atom. The SMILES string of the molecule is CN(C(=O)O)c1c(N)nc(-c2nn(Cc3ccccc3F)c3ncccc23)nc1N. The van der Waals surface area contributed by atoms with E-state index >= 15 is 0 Å². The number of nitrogens with two attached hydrogens (primary N) is 2. The number of benzene rings is 1. The number of hydrogen-bond donors (Lipinski definition) is 3. The molecule has 0 aliphatic carbocycles. The van der Waals surface area contributed by atoms with E-state index in [1.807, 2.05) is 0 Å². The van der Waals surface area contributed by atoms with Crippen molar-refractivity contribution in [3.8, 4) is 11.5 Å².